The largest absolute Gasteiger partial charge is 0.497 e. The fourth-order valence-electron chi connectivity index (χ4n) is 1.96. The maximum absolute atomic E-state index is 11.6. The Morgan fingerprint density at radius 3 is 1.74 bits per heavy atom. The van der Waals surface area contributed by atoms with E-state index in [1.165, 1.54) is 0 Å². The molecule has 23 heavy (non-hydrogen) atoms. The number of halogens is 3. The molecule has 0 saturated heterocycles. The molecule has 0 saturated carbocycles. The number of nitrogens with one attached hydrogen (secondary N) is 1. The Labute approximate surface area is 133 Å². The summed E-state index contributed by atoms with van der Waals surface area (Å²) >= 11 is 3.18. The number of benzene rings is 2. The van der Waals surface area contributed by atoms with Crippen LogP contribution in [-0.4, -0.2) is 26.1 Å². The lowest BCUT2D eigenvalue weighted by Gasteiger charge is -2.15. The van der Waals surface area contributed by atoms with Gasteiger partial charge in [-0.15, -0.1) is 0 Å². The van der Waals surface area contributed by atoms with Crippen molar-refractivity contribution in [2.75, 3.05) is 0 Å². The second-order valence-corrected chi connectivity index (χ2v) is 7.18. The van der Waals surface area contributed by atoms with E-state index in [4.69, 9.17) is 4.55 Å². The van der Waals surface area contributed by atoms with E-state index in [2.05, 4.69) is 16.5 Å². The second kappa shape index (κ2) is 5.87. The Morgan fingerprint density at radius 2 is 1.39 bits per heavy atom. The van der Waals surface area contributed by atoms with Gasteiger partial charge >= 0.3 is 5.51 Å². The predicted molar refractivity (Wildman–Crippen MR) is 79.9 cm³/mol. The molecular weight excluding hydrogens is 355 g/mol. The van der Waals surface area contributed by atoms with E-state index >= 15 is 0 Å². The number of alkyl halides is 3. The number of hydrogen-bond donors (Lipinski definition) is 2. The lowest BCUT2D eigenvalue weighted by Crippen LogP contribution is -2.34. The first-order valence-electron chi connectivity index (χ1n) is 5.93. The molecule has 3 rings (SSSR count). The molecule has 2 aromatic rings. The van der Waals surface area contributed by atoms with Crippen molar-refractivity contribution in [3.8, 4) is 0 Å². The van der Waals surface area contributed by atoms with Crippen LogP contribution in [0.25, 0.3) is 10.8 Å². The molecule has 0 radical (unpaired) electrons. The molecule has 1 aliphatic heterocycles. The fourth-order valence-corrected chi connectivity index (χ4v) is 1.96. The van der Waals surface area contributed by atoms with Gasteiger partial charge in [0.15, 0.2) is 0 Å². The molecule has 1 aliphatic rings. The van der Waals surface area contributed by atoms with Crippen LogP contribution in [0.2, 0.25) is 0 Å². The summed E-state index contributed by atoms with van der Waals surface area (Å²) < 4.78 is 49.8. The van der Waals surface area contributed by atoms with Crippen LogP contribution in [0.15, 0.2) is 36.4 Å². The minimum Gasteiger partial charge on any atom is -0.299 e. The first kappa shape index (κ1) is 17.3. The normalized spacial score (nSPS) is 16.2. The van der Waals surface area contributed by atoms with Gasteiger partial charge < -0.3 is 0 Å². The highest BCUT2D eigenvalue weighted by Crippen LogP contribution is 2.25. The summed E-state index contributed by atoms with van der Waals surface area (Å²) in [7, 11) is -5.01. The lowest BCUT2D eigenvalue weighted by molar-refractivity contribution is -0.0452. The maximum Gasteiger partial charge on any atom is 0.497 e. The molecule has 0 spiro atoms. The average Bonchev–Trinajstić information content (AvgIpc) is 2.43. The smallest absolute Gasteiger partial charge is 0.299 e. The number of carbonyl (C=O) groups excluding carboxylic acids is 2. The molecule has 1 atom stereocenters. The van der Waals surface area contributed by atoms with E-state index in [0.29, 0.717) is 11.1 Å². The van der Waals surface area contributed by atoms with Gasteiger partial charge in [0.05, 0.1) is 0 Å². The van der Waals surface area contributed by atoms with E-state index in [0.717, 1.165) is 10.8 Å². The summed E-state index contributed by atoms with van der Waals surface area (Å²) in [5, 5.41) is 4.00. The summed E-state index contributed by atoms with van der Waals surface area (Å²) in [5.41, 5.74) is -4.02. The third-order valence-electron chi connectivity index (χ3n) is 2.91. The highest BCUT2D eigenvalue weighted by atomic mass is 32.8. The molecule has 0 bridgehead atoms. The van der Waals surface area contributed by atoms with Crippen LogP contribution in [0.5, 0.6) is 0 Å². The summed E-state index contributed by atoms with van der Waals surface area (Å²) in [6.45, 7) is 0. The zero-order chi connectivity index (χ0) is 17.4. The number of hydrogen-bond acceptors (Lipinski definition) is 4. The van der Waals surface area contributed by atoms with E-state index in [1.807, 2.05) is 24.3 Å². The van der Waals surface area contributed by atoms with Gasteiger partial charge in [-0.05, 0) is 17.5 Å². The van der Waals surface area contributed by atoms with Gasteiger partial charge in [-0.1, -0.05) is 24.3 Å². The minimum atomic E-state index is -5.16. The summed E-state index contributed by atoms with van der Waals surface area (Å²) in [5.74, 6) is -0.631. The number of imide groups is 1. The van der Waals surface area contributed by atoms with Crippen LogP contribution in [0.4, 0.5) is 13.2 Å². The van der Waals surface area contributed by atoms with Crippen LogP contribution in [0, 0.1) is 0 Å². The van der Waals surface area contributed by atoms with Gasteiger partial charge in [0.1, 0.15) is 0 Å². The second-order valence-electron chi connectivity index (χ2n) is 4.41. The van der Waals surface area contributed by atoms with Gasteiger partial charge in [0, 0.05) is 27.7 Å². The summed E-state index contributed by atoms with van der Waals surface area (Å²) in [6, 6.07) is 10.9. The van der Waals surface area contributed by atoms with Crippen LogP contribution in [0.3, 0.4) is 0 Å². The molecule has 122 valence electrons. The summed E-state index contributed by atoms with van der Waals surface area (Å²) in [6.07, 6.45) is 0. The molecular formula is C13H8F3NO4S2. The molecule has 5 nitrogen and oxygen atoms in total. The standard InChI is InChI=1S/C12H7NO2.CHF3O2S2/c14-11-8-5-1-3-7-4-2-6-9(10(7)8)12(15)13-11;2-1(3,4)8(5,6)7/h1-6H,(H,13,14,15);(H,5,6,7). The topological polar surface area (TPSA) is 83.5 Å². The fraction of sp³-hybridized carbons (Fsp3) is 0.0769. The van der Waals surface area contributed by atoms with Crippen molar-refractivity contribution in [3.05, 3.63) is 47.5 Å². The van der Waals surface area contributed by atoms with E-state index in [-0.39, 0.29) is 11.8 Å². The lowest BCUT2D eigenvalue weighted by atomic mass is 9.95. The Kier molecular flexibility index (Phi) is 4.42. The molecule has 10 heteroatoms. The van der Waals surface area contributed by atoms with Crippen LogP contribution < -0.4 is 5.32 Å². The highest BCUT2D eigenvalue weighted by Gasteiger charge is 2.40. The monoisotopic (exact) mass is 363 g/mol. The number of amides is 2. The first-order valence-corrected chi connectivity index (χ1v) is 8.37. The minimum absolute atomic E-state index is 0.315. The van der Waals surface area contributed by atoms with Gasteiger partial charge in [0.25, 0.3) is 11.8 Å². The molecule has 1 heterocycles. The van der Waals surface area contributed by atoms with Crippen molar-refractivity contribution in [2.45, 2.75) is 5.51 Å². The number of rotatable bonds is 0. The third kappa shape index (κ3) is 3.49. The van der Waals surface area contributed by atoms with E-state index in [9.17, 15) is 27.0 Å². The van der Waals surface area contributed by atoms with Crippen molar-refractivity contribution in [1.29, 1.82) is 0 Å². The maximum atomic E-state index is 11.6. The molecule has 2 aromatic carbocycles. The van der Waals surface area contributed by atoms with Gasteiger partial charge in [0.2, 0.25) is 8.77 Å². The van der Waals surface area contributed by atoms with Crippen molar-refractivity contribution in [3.63, 3.8) is 0 Å². The zero-order valence-corrected chi connectivity index (χ0v) is 12.7. The SMILES string of the molecule is O=C1NC(=O)c2cccc3cccc1c23.O=S(O)(=S)C(F)(F)F. The van der Waals surface area contributed by atoms with Crippen molar-refractivity contribution >= 4 is 42.5 Å². The van der Waals surface area contributed by atoms with Crippen molar-refractivity contribution in [2.24, 2.45) is 0 Å². The molecule has 2 amide bonds. The van der Waals surface area contributed by atoms with E-state index in [1.54, 1.807) is 12.1 Å². The average molecular weight is 363 g/mol. The first-order chi connectivity index (χ1) is 10.5. The number of carbonyl (C=O) groups is 2. The molecule has 2 N–H and O–H groups in total. The molecule has 1 unspecified atom stereocenters. The quantitative estimate of drug-likeness (QED) is 0.703. The van der Waals surface area contributed by atoms with Gasteiger partial charge in [-0.25, -0.2) is 4.21 Å². The van der Waals surface area contributed by atoms with Crippen LogP contribution in [-0.2, 0) is 20.0 Å². The Bertz CT molecular complexity index is 858. The molecule has 0 aromatic heterocycles. The predicted octanol–water partition coefficient (Wildman–Crippen LogP) is 2.45. The van der Waals surface area contributed by atoms with Gasteiger partial charge in [-0.2, -0.15) is 13.2 Å². The van der Waals surface area contributed by atoms with Crippen LogP contribution >= 0.6 is 0 Å². The van der Waals surface area contributed by atoms with Crippen LogP contribution in [0.1, 0.15) is 20.7 Å². The third-order valence-corrected chi connectivity index (χ3v) is 4.07. The highest BCUT2D eigenvalue weighted by molar-refractivity contribution is 8.30. The zero-order valence-electron chi connectivity index (χ0n) is 11.1. The van der Waals surface area contributed by atoms with Crippen molar-refractivity contribution < 1.29 is 31.5 Å². The Hall–Kier alpha value is -2.04. The molecule has 0 aliphatic carbocycles. The van der Waals surface area contributed by atoms with Crippen molar-refractivity contribution in [1.82, 2.24) is 5.32 Å². The van der Waals surface area contributed by atoms with E-state index < -0.39 is 14.3 Å². The summed E-state index contributed by atoms with van der Waals surface area (Å²) in [4.78, 5) is 23.1. The molecule has 0 fully saturated rings. The Morgan fingerprint density at radius 1 is 1.00 bits per heavy atom. The van der Waals surface area contributed by atoms with Gasteiger partial charge in [-0.3, -0.25) is 19.5 Å². The Balaban J connectivity index is 0.000000207.